The first-order chi connectivity index (χ1) is 19.7. The number of aliphatic hydroxyl groups is 2. The Bertz CT molecular complexity index is 974. The first-order valence-electron chi connectivity index (χ1n) is 14.9. The van der Waals surface area contributed by atoms with Crippen molar-refractivity contribution in [2.45, 2.75) is 79.1 Å². The minimum absolute atomic E-state index is 0.225. The number of piperazine rings is 1. The summed E-state index contributed by atoms with van der Waals surface area (Å²) in [7, 11) is 0. The van der Waals surface area contributed by atoms with Gasteiger partial charge in [-0.25, -0.2) is 9.59 Å². The fraction of sp³-hybridized carbons (Fsp3) is 0.645. The van der Waals surface area contributed by atoms with Crippen LogP contribution in [0.1, 0.15) is 79.1 Å². The van der Waals surface area contributed by atoms with Crippen LogP contribution in [-0.4, -0.2) is 71.3 Å². The third-order valence-electron chi connectivity index (χ3n) is 7.29. The molecule has 10 nitrogen and oxygen atoms in total. The van der Waals surface area contributed by atoms with E-state index >= 15 is 0 Å². The summed E-state index contributed by atoms with van der Waals surface area (Å²) in [6, 6.07) is 1.75. The third kappa shape index (κ3) is 13.5. The first kappa shape index (κ1) is 35.4. The number of allylic oxidation sites excluding steroid dienone is 2. The normalized spacial score (nSPS) is 16.7. The maximum atomic E-state index is 12.4. The molecule has 230 valence electrons. The summed E-state index contributed by atoms with van der Waals surface area (Å²) in [6.07, 6.45) is 14.0. The van der Waals surface area contributed by atoms with E-state index < -0.39 is 23.3 Å². The molecule has 0 bridgehead atoms. The predicted molar refractivity (Wildman–Crippen MR) is 159 cm³/mol. The fourth-order valence-corrected chi connectivity index (χ4v) is 4.21. The van der Waals surface area contributed by atoms with Gasteiger partial charge in [0.1, 0.15) is 17.6 Å². The Labute approximate surface area is 245 Å². The Morgan fingerprint density at radius 3 is 1.68 bits per heavy atom. The molecule has 2 atom stereocenters. The lowest BCUT2D eigenvalue weighted by Crippen LogP contribution is -2.41. The zero-order valence-electron chi connectivity index (χ0n) is 25.3. The van der Waals surface area contributed by atoms with Crippen LogP contribution in [0.15, 0.2) is 47.3 Å². The Hall–Kier alpha value is -3.61. The molecule has 0 spiro atoms. The summed E-state index contributed by atoms with van der Waals surface area (Å²) in [5.74, 6) is -1.82. The molecule has 0 aromatic heterocycles. The van der Waals surface area contributed by atoms with Gasteiger partial charge in [-0.2, -0.15) is 5.26 Å². The molecule has 0 aromatic rings. The van der Waals surface area contributed by atoms with Crippen LogP contribution < -0.4 is 5.73 Å². The second kappa shape index (κ2) is 20.3. The molecule has 1 fully saturated rings. The quantitative estimate of drug-likeness (QED) is 0.0654. The molecule has 41 heavy (non-hydrogen) atoms. The van der Waals surface area contributed by atoms with E-state index in [4.69, 9.17) is 15.2 Å². The van der Waals surface area contributed by atoms with Gasteiger partial charge in [0.2, 0.25) is 0 Å². The predicted octanol–water partition coefficient (Wildman–Crippen LogP) is 5.21. The standard InChI is InChI=1S/C31H50N4O6/c1-5-9-11-24(7-3)22-40-30(38)26(21-32)27(36)13-15-34-17-19-35(20-18-34)16-14-28(37)29(33)31(39)41-23-25(8-4)12-10-6-2/h13-16,24-25,36-37H,5-12,17-20,22-23,33H2,1-4H3/b15-13+,16-14+,27-26-,29-28-. The highest BCUT2D eigenvalue weighted by molar-refractivity contribution is 5.93. The minimum atomic E-state index is -0.822. The second-order valence-electron chi connectivity index (χ2n) is 10.4. The van der Waals surface area contributed by atoms with Gasteiger partial charge in [0.05, 0.1) is 13.2 Å². The van der Waals surface area contributed by atoms with Crippen LogP contribution in [0.5, 0.6) is 0 Å². The Morgan fingerprint density at radius 1 is 0.829 bits per heavy atom. The number of carbonyl (C=O) groups excluding carboxylic acids is 2. The number of nitrogens with two attached hydrogens (primary N) is 1. The molecule has 0 aliphatic carbocycles. The zero-order chi connectivity index (χ0) is 30.6. The summed E-state index contributed by atoms with van der Waals surface area (Å²) >= 11 is 0. The van der Waals surface area contributed by atoms with Crippen molar-refractivity contribution in [3.8, 4) is 6.07 Å². The van der Waals surface area contributed by atoms with Gasteiger partial charge >= 0.3 is 11.9 Å². The molecule has 4 N–H and O–H groups in total. The average molecular weight is 575 g/mol. The van der Waals surface area contributed by atoms with Gasteiger partial charge in [-0.15, -0.1) is 0 Å². The second-order valence-corrected chi connectivity index (χ2v) is 10.4. The summed E-state index contributed by atoms with van der Waals surface area (Å²) in [4.78, 5) is 28.5. The monoisotopic (exact) mass is 574 g/mol. The maximum absolute atomic E-state index is 12.4. The fourth-order valence-electron chi connectivity index (χ4n) is 4.21. The molecule has 2 unspecified atom stereocenters. The van der Waals surface area contributed by atoms with E-state index in [1.807, 2.05) is 16.7 Å². The summed E-state index contributed by atoms with van der Waals surface area (Å²) in [5.41, 5.74) is 5.05. The van der Waals surface area contributed by atoms with Gasteiger partial charge in [0.25, 0.3) is 0 Å². The number of hydrogen-bond acceptors (Lipinski definition) is 10. The van der Waals surface area contributed by atoms with Crippen molar-refractivity contribution >= 4 is 11.9 Å². The van der Waals surface area contributed by atoms with Gasteiger partial charge in [0.15, 0.2) is 11.3 Å². The summed E-state index contributed by atoms with van der Waals surface area (Å²) in [5, 5.41) is 30.0. The van der Waals surface area contributed by atoms with Crippen molar-refractivity contribution in [3.05, 3.63) is 47.3 Å². The summed E-state index contributed by atoms with van der Waals surface area (Å²) in [6.45, 7) is 11.2. The minimum Gasteiger partial charge on any atom is -0.506 e. The number of aliphatic hydroxyl groups excluding tert-OH is 2. The number of esters is 2. The molecule has 0 amide bonds. The molecule has 1 heterocycles. The highest BCUT2D eigenvalue weighted by Crippen LogP contribution is 2.16. The molecule has 0 radical (unpaired) electrons. The maximum Gasteiger partial charge on any atom is 0.358 e. The molecule has 1 aliphatic rings. The molecule has 10 heteroatoms. The van der Waals surface area contributed by atoms with E-state index in [9.17, 15) is 25.1 Å². The lowest BCUT2D eigenvalue weighted by atomic mass is 10.0. The highest BCUT2D eigenvalue weighted by atomic mass is 16.5. The molecule has 1 aliphatic heterocycles. The number of carbonyl (C=O) groups is 2. The molecular formula is C31H50N4O6. The molecular weight excluding hydrogens is 524 g/mol. The third-order valence-corrected chi connectivity index (χ3v) is 7.29. The van der Waals surface area contributed by atoms with Crippen LogP contribution in [0.2, 0.25) is 0 Å². The highest BCUT2D eigenvalue weighted by Gasteiger charge is 2.19. The van der Waals surface area contributed by atoms with Crippen molar-refractivity contribution in [1.29, 1.82) is 5.26 Å². The van der Waals surface area contributed by atoms with Crippen molar-refractivity contribution in [2.75, 3.05) is 39.4 Å². The van der Waals surface area contributed by atoms with Gasteiger partial charge in [-0.3, -0.25) is 0 Å². The van der Waals surface area contributed by atoms with Gasteiger partial charge in [-0.1, -0.05) is 66.2 Å². The van der Waals surface area contributed by atoms with Crippen LogP contribution >= 0.6 is 0 Å². The first-order valence-corrected chi connectivity index (χ1v) is 14.9. The number of nitrogens with zero attached hydrogens (tertiary/aromatic N) is 3. The van der Waals surface area contributed by atoms with E-state index in [-0.39, 0.29) is 36.5 Å². The Kier molecular flexibility index (Phi) is 17.5. The Balaban J connectivity index is 2.60. The van der Waals surface area contributed by atoms with E-state index in [0.29, 0.717) is 26.2 Å². The van der Waals surface area contributed by atoms with Gasteiger partial charge < -0.3 is 35.2 Å². The number of ether oxygens (including phenoxy) is 2. The van der Waals surface area contributed by atoms with Gasteiger partial charge in [0, 0.05) is 38.6 Å². The van der Waals surface area contributed by atoms with Crippen molar-refractivity contribution in [3.63, 3.8) is 0 Å². The number of unbranched alkanes of at least 4 members (excludes halogenated alkanes) is 2. The van der Waals surface area contributed by atoms with Crippen LogP contribution in [0.3, 0.4) is 0 Å². The largest absolute Gasteiger partial charge is 0.506 e. The molecule has 0 aromatic carbocycles. The van der Waals surface area contributed by atoms with Crippen LogP contribution in [-0.2, 0) is 19.1 Å². The van der Waals surface area contributed by atoms with Gasteiger partial charge in [-0.05, 0) is 36.8 Å². The van der Waals surface area contributed by atoms with Crippen molar-refractivity contribution in [1.82, 2.24) is 9.80 Å². The lowest BCUT2D eigenvalue weighted by Gasteiger charge is -2.33. The van der Waals surface area contributed by atoms with E-state index in [1.165, 1.54) is 12.2 Å². The van der Waals surface area contributed by atoms with Crippen molar-refractivity contribution in [2.24, 2.45) is 17.6 Å². The average Bonchev–Trinajstić information content (AvgIpc) is 2.99. The lowest BCUT2D eigenvalue weighted by molar-refractivity contribution is -0.141. The number of rotatable bonds is 18. The van der Waals surface area contributed by atoms with Crippen LogP contribution in [0.4, 0.5) is 0 Å². The van der Waals surface area contributed by atoms with E-state index in [2.05, 4.69) is 20.8 Å². The molecule has 1 rings (SSSR count). The molecule has 0 saturated carbocycles. The smallest absolute Gasteiger partial charge is 0.358 e. The summed E-state index contributed by atoms with van der Waals surface area (Å²) < 4.78 is 10.6. The topological polar surface area (TPSA) is 149 Å². The number of hydrogen-bond donors (Lipinski definition) is 3. The molecule has 1 saturated heterocycles. The van der Waals surface area contributed by atoms with Crippen LogP contribution in [0, 0.1) is 23.2 Å². The SMILES string of the molecule is CCCCC(CC)COC(=O)/C(N)=C(O)\C=C\N1CCN(/C=C/C(O)=C(\C#N)C(=O)OCC(CC)CCCC)CC1. The van der Waals surface area contributed by atoms with Crippen LogP contribution in [0.25, 0.3) is 0 Å². The van der Waals surface area contributed by atoms with Crippen molar-refractivity contribution < 1.29 is 29.3 Å². The Morgan fingerprint density at radius 2 is 1.27 bits per heavy atom. The van der Waals surface area contributed by atoms with E-state index in [1.54, 1.807) is 18.5 Å². The number of nitriles is 1. The van der Waals surface area contributed by atoms with E-state index in [0.717, 1.165) is 51.4 Å². The zero-order valence-corrected chi connectivity index (χ0v) is 25.3.